The quantitative estimate of drug-likeness (QED) is 0.253. The molecule has 8 nitrogen and oxygen atoms in total. The topological polar surface area (TPSA) is 92.0 Å². The van der Waals surface area contributed by atoms with E-state index in [1.54, 1.807) is 31.3 Å². The van der Waals surface area contributed by atoms with Crippen LogP contribution in [0.1, 0.15) is 38.6 Å². The van der Waals surface area contributed by atoms with Crippen molar-refractivity contribution < 1.29 is 19.0 Å². The van der Waals surface area contributed by atoms with Crippen LogP contribution in [-0.2, 0) is 16.0 Å². The number of carbonyl (C=O) groups is 1. The predicted molar refractivity (Wildman–Crippen MR) is 138 cm³/mol. The Bertz CT molecular complexity index is 1290. The minimum absolute atomic E-state index is 0.251. The van der Waals surface area contributed by atoms with E-state index in [0.29, 0.717) is 51.3 Å². The molecule has 0 saturated heterocycles. The molecule has 10 heteroatoms. The lowest BCUT2D eigenvalue weighted by Gasteiger charge is -2.17. The SMILES string of the molecule is CCCc1nc2ccc(Br)cc2c(=O)n1N=Cc1cc(OCC)c(O[C@@H](C)C(=O)OC)cc1Br. The summed E-state index contributed by atoms with van der Waals surface area (Å²) in [6.07, 6.45) is 2.16. The number of rotatable bonds is 9. The van der Waals surface area contributed by atoms with Crippen molar-refractivity contribution in [3.8, 4) is 11.5 Å². The Morgan fingerprint density at radius 1 is 1.21 bits per heavy atom. The molecular weight excluding hydrogens is 570 g/mol. The summed E-state index contributed by atoms with van der Waals surface area (Å²) in [6.45, 7) is 5.85. The number of hydrogen-bond donors (Lipinski definition) is 0. The lowest BCUT2D eigenvalue weighted by atomic mass is 10.2. The van der Waals surface area contributed by atoms with Gasteiger partial charge in [-0.3, -0.25) is 4.79 Å². The van der Waals surface area contributed by atoms with Gasteiger partial charge in [0.1, 0.15) is 5.82 Å². The van der Waals surface area contributed by atoms with Gasteiger partial charge in [-0.15, -0.1) is 0 Å². The maximum Gasteiger partial charge on any atom is 0.346 e. The number of hydrogen-bond acceptors (Lipinski definition) is 7. The first-order valence-corrected chi connectivity index (χ1v) is 12.3. The third-order valence-electron chi connectivity index (χ3n) is 4.86. The van der Waals surface area contributed by atoms with Crippen LogP contribution in [0.4, 0.5) is 0 Å². The molecule has 3 rings (SSSR count). The van der Waals surface area contributed by atoms with Crippen molar-refractivity contribution in [3.63, 3.8) is 0 Å². The zero-order chi connectivity index (χ0) is 24.8. The molecule has 0 saturated carbocycles. The number of methoxy groups -OCH3 is 1. The summed E-state index contributed by atoms with van der Waals surface area (Å²) in [5.41, 5.74) is 1.04. The first kappa shape index (κ1) is 25.9. The highest BCUT2D eigenvalue weighted by molar-refractivity contribution is 9.10. The summed E-state index contributed by atoms with van der Waals surface area (Å²) in [6, 6.07) is 8.83. The summed E-state index contributed by atoms with van der Waals surface area (Å²) in [5.74, 6) is 0.892. The highest BCUT2D eigenvalue weighted by Crippen LogP contribution is 2.34. The monoisotopic (exact) mass is 593 g/mol. The lowest BCUT2D eigenvalue weighted by Crippen LogP contribution is -2.25. The van der Waals surface area contributed by atoms with Gasteiger partial charge >= 0.3 is 5.97 Å². The van der Waals surface area contributed by atoms with Gasteiger partial charge in [-0.25, -0.2) is 9.78 Å². The number of aromatic nitrogens is 2. The van der Waals surface area contributed by atoms with Crippen molar-refractivity contribution in [2.75, 3.05) is 13.7 Å². The minimum Gasteiger partial charge on any atom is -0.490 e. The molecule has 0 spiro atoms. The van der Waals surface area contributed by atoms with E-state index in [1.807, 2.05) is 26.0 Å². The molecule has 3 aromatic rings. The fourth-order valence-electron chi connectivity index (χ4n) is 3.23. The van der Waals surface area contributed by atoms with Gasteiger partial charge in [0.2, 0.25) is 0 Å². The summed E-state index contributed by atoms with van der Waals surface area (Å²) in [4.78, 5) is 29.6. The van der Waals surface area contributed by atoms with Crippen LogP contribution in [0.5, 0.6) is 11.5 Å². The van der Waals surface area contributed by atoms with Crippen molar-refractivity contribution in [1.82, 2.24) is 9.66 Å². The molecule has 0 fully saturated rings. The number of ether oxygens (including phenoxy) is 3. The van der Waals surface area contributed by atoms with Gasteiger partial charge in [-0.2, -0.15) is 9.78 Å². The molecule has 0 amide bonds. The molecule has 34 heavy (non-hydrogen) atoms. The van der Waals surface area contributed by atoms with Crippen molar-refractivity contribution in [2.45, 2.75) is 39.7 Å². The summed E-state index contributed by atoms with van der Waals surface area (Å²) >= 11 is 6.93. The molecule has 1 heterocycles. The van der Waals surface area contributed by atoms with Gasteiger partial charge in [0.25, 0.3) is 5.56 Å². The first-order chi connectivity index (χ1) is 16.3. The van der Waals surface area contributed by atoms with E-state index in [-0.39, 0.29) is 5.56 Å². The van der Waals surface area contributed by atoms with E-state index in [0.717, 1.165) is 10.9 Å². The van der Waals surface area contributed by atoms with Crippen LogP contribution >= 0.6 is 31.9 Å². The maximum absolute atomic E-state index is 13.2. The Hall–Kier alpha value is -2.72. The number of aryl methyl sites for hydroxylation is 1. The molecule has 0 radical (unpaired) electrons. The van der Waals surface area contributed by atoms with Gasteiger partial charge in [0, 0.05) is 20.9 Å². The Labute approximate surface area is 214 Å². The third kappa shape index (κ3) is 5.85. The van der Waals surface area contributed by atoms with Gasteiger partial charge in [-0.1, -0.05) is 22.9 Å². The Morgan fingerprint density at radius 3 is 2.65 bits per heavy atom. The molecule has 1 aromatic heterocycles. The van der Waals surface area contributed by atoms with Gasteiger partial charge in [0.05, 0.1) is 30.8 Å². The zero-order valence-electron chi connectivity index (χ0n) is 19.3. The summed E-state index contributed by atoms with van der Waals surface area (Å²) in [7, 11) is 1.30. The second kappa shape index (κ2) is 11.6. The van der Waals surface area contributed by atoms with Crippen molar-refractivity contribution >= 4 is 54.9 Å². The average molecular weight is 595 g/mol. The molecule has 0 aliphatic carbocycles. The van der Waals surface area contributed by atoms with Crippen molar-refractivity contribution in [2.24, 2.45) is 5.10 Å². The standard InChI is InChI=1S/C24H25Br2N3O5/c1-5-7-22-28-19-9-8-16(25)11-17(19)23(30)29(22)27-13-15-10-20(33-6-2)21(12-18(15)26)34-14(3)24(31)32-4/h8-14H,5-7H2,1-4H3/t14-/m0/s1. The van der Waals surface area contributed by atoms with E-state index in [9.17, 15) is 9.59 Å². The van der Waals surface area contributed by atoms with E-state index < -0.39 is 12.1 Å². The molecule has 0 aliphatic rings. The number of carbonyl (C=O) groups excluding carboxylic acids is 1. The third-order valence-corrected chi connectivity index (χ3v) is 6.04. The first-order valence-electron chi connectivity index (χ1n) is 10.7. The summed E-state index contributed by atoms with van der Waals surface area (Å²) < 4.78 is 18.9. The highest BCUT2D eigenvalue weighted by atomic mass is 79.9. The molecule has 0 aliphatic heterocycles. The number of benzene rings is 2. The normalized spacial score (nSPS) is 12.2. The van der Waals surface area contributed by atoms with Gasteiger partial charge in [-0.05, 0) is 66.5 Å². The molecule has 0 bridgehead atoms. The van der Waals surface area contributed by atoms with Crippen LogP contribution in [0.3, 0.4) is 0 Å². The van der Waals surface area contributed by atoms with E-state index in [2.05, 4.69) is 41.9 Å². The number of esters is 1. The second-order valence-electron chi connectivity index (χ2n) is 7.34. The van der Waals surface area contributed by atoms with Crippen molar-refractivity contribution in [1.29, 1.82) is 0 Å². The highest BCUT2D eigenvalue weighted by Gasteiger charge is 2.19. The minimum atomic E-state index is -0.811. The number of halogens is 2. The lowest BCUT2D eigenvalue weighted by molar-refractivity contribution is -0.147. The Kier molecular flexibility index (Phi) is 8.84. The van der Waals surface area contributed by atoms with Gasteiger partial charge in [0.15, 0.2) is 17.6 Å². The second-order valence-corrected chi connectivity index (χ2v) is 9.11. The zero-order valence-corrected chi connectivity index (χ0v) is 22.5. The Morgan fingerprint density at radius 2 is 1.97 bits per heavy atom. The largest absolute Gasteiger partial charge is 0.490 e. The molecule has 2 aromatic carbocycles. The van der Waals surface area contributed by atoms with Crippen LogP contribution in [0.2, 0.25) is 0 Å². The fourth-order valence-corrected chi connectivity index (χ4v) is 4.02. The van der Waals surface area contributed by atoms with E-state index in [4.69, 9.17) is 14.2 Å². The van der Waals surface area contributed by atoms with Crippen LogP contribution in [0, 0.1) is 0 Å². The Balaban J connectivity index is 2.05. The molecular formula is C24H25Br2N3O5. The average Bonchev–Trinajstić information content (AvgIpc) is 2.81. The molecule has 180 valence electrons. The number of fused-ring (bicyclic) bond motifs is 1. The van der Waals surface area contributed by atoms with Crippen LogP contribution in [0.25, 0.3) is 10.9 Å². The van der Waals surface area contributed by atoms with Crippen LogP contribution < -0.4 is 15.0 Å². The van der Waals surface area contributed by atoms with E-state index >= 15 is 0 Å². The molecule has 0 unspecified atom stereocenters. The molecule has 0 N–H and O–H groups in total. The smallest absolute Gasteiger partial charge is 0.346 e. The van der Waals surface area contributed by atoms with Crippen LogP contribution in [0.15, 0.2) is 49.2 Å². The van der Waals surface area contributed by atoms with Crippen molar-refractivity contribution in [3.05, 3.63) is 61.0 Å². The van der Waals surface area contributed by atoms with E-state index in [1.165, 1.54) is 11.8 Å². The maximum atomic E-state index is 13.2. The fraction of sp³-hybridized carbons (Fsp3) is 0.333. The van der Waals surface area contributed by atoms with Crippen LogP contribution in [-0.4, -0.2) is 41.7 Å². The predicted octanol–water partition coefficient (Wildman–Crippen LogP) is 5.10. The number of nitrogens with zero attached hydrogens (tertiary/aromatic N) is 3. The van der Waals surface area contributed by atoms with Gasteiger partial charge < -0.3 is 14.2 Å². The molecule has 1 atom stereocenters. The summed E-state index contributed by atoms with van der Waals surface area (Å²) in [5, 5.41) is 4.94.